The summed E-state index contributed by atoms with van der Waals surface area (Å²) in [6.45, 7) is 3.54. The Morgan fingerprint density at radius 3 is 1.95 bits per heavy atom. The zero-order valence-corrected chi connectivity index (χ0v) is 11.6. The molecule has 20 heavy (non-hydrogen) atoms. The number of guanidine groups is 1. The maximum atomic E-state index is 8.74. The number of hydrogen-bond acceptors (Lipinski definition) is 4. The molecule has 0 saturated carbocycles. The van der Waals surface area contributed by atoms with Gasteiger partial charge in [0.25, 0.3) is 0 Å². The third kappa shape index (κ3) is 6.36. The van der Waals surface area contributed by atoms with Gasteiger partial charge in [0.15, 0.2) is 5.96 Å². The van der Waals surface area contributed by atoms with Crippen LogP contribution in [0.2, 0.25) is 0 Å². The first kappa shape index (κ1) is 16.2. The summed E-state index contributed by atoms with van der Waals surface area (Å²) in [5, 5.41) is 7.34. The molecule has 112 valence electrons. The Morgan fingerprint density at radius 1 is 1.10 bits per heavy atom. The van der Waals surface area contributed by atoms with Gasteiger partial charge in [0.1, 0.15) is 0 Å². The average molecular weight is 302 g/mol. The molecule has 1 aliphatic heterocycles. The second-order valence-corrected chi connectivity index (χ2v) is 5.04. The molecule has 1 fully saturated rings. The molecule has 1 aromatic rings. The highest BCUT2D eigenvalue weighted by atomic mass is 32.3. The minimum absolute atomic E-state index is 0.183. The summed E-state index contributed by atoms with van der Waals surface area (Å²) in [6, 6.07) is 10.3. The number of anilines is 1. The second-order valence-electron chi connectivity index (χ2n) is 4.14. The van der Waals surface area contributed by atoms with E-state index in [1.807, 2.05) is 23.1 Å². The lowest BCUT2D eigenvalue weighted by Gasteiger charge is -2.36. The average Bonchev–Trinajstić information content (AvgIpc) is 2.38. The maximum absolute atomic E-state index is 8.74. The lowest BCUT2D eigenvalue weighted by molar-refractivity contribution is 0.380. The van der Waals surface area contributed by atoms with Crippen LogP contribution in [0.1, 0.15) is 0 Å². The molecule has 0 aliphatic carbocycles. The monoisotopic (exact) mass is 302 g/mol. The third-order valence-corrected chi connectivity index (χ3v) is 2.74. The van der Waals surface area contributed by atoms with Crippen molar-refractivity contribution in [2.24, 2.45) is 5.73 Å². The lowest BCUT2D eigenvalue weighted by Crippen LogP contribution is -2.50. The van der Waals surface area contributed by atoms with Crippen LogP contribution in [0.5, 0.6) is 0 Å². The van der Waals surface area contributed by atoms with Gasteiger partial charge in [-0.3, -0.25) is 14.5 Å². The Kier molecular flexibility index (Phi) is 5.74. The Bertz CT molecular complexity index is 519. The van der Waals surface area contributed by atoms with Gasteiger partial charge < -0.3 is 15.5 Å². The molecule has 1 aliphatic rings. The number of nitrogens with two attached hydrogens (primary N) is 1. The first-order valence-electron chi connectivity index (χ1n) is 5.86. The minimum atomic E-state index is -4.67. The first-order valence-corrected chi connectivity index (χ1v) is 7.26. The summed E-state index contributed by atoms with van der Waals surface area (Å²) >= 11 is 0. The van der Waals surface area contributed by atoms with E-state index in [1.54, 1.807) is 0 Å². The van der Waals surface area contributed by atoms with E-state index in [1.165, 1.54) is 5.69 Å². The summed E-state index contributed by atoms with van der Waals surface area (Å²) in [6.07, 6.45) is 0. The van der Waals surface area contributed by atoms with Crippen molar-refractivity contribution in [3.63, 3.8) is 0 Å². The molecule has 0 aromatic heterocycles. The molecule has 0 atom stereocenters. The van der Waals surface area contributed by atoms with E-state index in [2.05, 4.69) is 17.0 Å². The van der Waals surface area contributed by atoms with Crippen LogP contribution in [0.15, 0.2) is 30.3 Å². The quantitative estimate of drug-likeness (QED) is 0.327. The van der Waals surface area contributed by atoms with E-state index >= 15 is 0 Å². The molecule has 0 spiro atoms. The Balaban J connectivity index is 0.000000347. The van der Waals surface area contributed by atoms with Gasteiger partial charge in [-0.15, -0.1) is 0 Å². The van der Waals surface area contributed by atoms with Gasteiger partial charge in [-0.25, -0.2) is 0 Å². The fourth-order valence-corrected chi connectivity index (χ4v) is 1.84. The Hall–Kier alpha value is -1.84. The van der Waals surface area contributed by atoms with E-state index in [4.69, 9.17) is 28.7 Å². The van der Waals surface area contributed by atoms with Gasteiger partial charge in [0.2, 0.25) is 0 Å². The van der Waals surface area contributed by atoms with E-state index in [9.17, 15) is 0 Å². The third-order valence-electron chi connectivity index (χ3n) is 2.74. The van der Waals surface area contributed by atoms with Gasteiger partial charge in [-0.1, -0.05) is 18.2 Å². The number of hydrogen-bond donors (Lipinski definition) is 4. The molecule has 0 bridgehead atoms. The summed E-state index contributed by atoms with van der Waals surface area (Å²) in [7, 11) is -4.67. The van der Waals surface area contributed by atoms with Gasteiger partial charge in [-0.2, -0.15) is 8.42 Å². The largest absolute Gasteiger partial charge is 0.394 e. The highest BCUT2D eigenvalue weighted by Gasteiger charge is 2.17. The normalized spacial score (nSPS) is 15.3. The van der Waals surface area contributed by atoms with E-state index in [0.29, 0.717) is 0 Å². The molecule has 0 amide bonds. The lowest BCUT2D eigenvalue weighted by atomic mass is 10.2. The molecule has 1 saturated heterocycles. The Labute approximate surface area is 117 Å². The van der Waals surface area contributed by atoms with E-state index in [0.717, 1.165) is 26.2 Å². The molecular weight excluding hydrogens is 284 g/mol. The number of nitrogens with zero attached hydrogens (tertiary/aromatic N) is 2. The van der Waals surface area contributed by atoms with Gasteiger partial charge in [0.05, 0.1) is 0 Å². The van der Waals surface area contributed by atoms with Crippen LogP contribution in [0.4, 0.5) is 5.69 Å². The summed E-state index contributed by atoms with van der Waals surface area (Å²) in [5.41, 5.74) is 6.69. The van der Waals surface area contributed by atoms with Gasteiger partial charge in [-0.05, 0) is 12.1 Å². The van der Waals surface area contributed by atoms with Crippen molar-refractivity contribution < 1.29 is 17.5 Å². The molecule has 2 rings (SSSR count). The summed E-state index contributed by atoms with van der Waals surface area (Å²) < 4.78 is 31.6. The predicted octanol–water partition coefficient (Wildman–Crippen LogP) is 0.0493. The maximum Gasteiger partial charge on any atom is 0.394 e. The van der Waals surface area contributed by atoms with E-state index < -0.39 is 10.4 Å². The zero-order valence-electron chi connectivity index (χ0n) is 10.8. The van der Waals surface area contributed by atoms with Crippen LogP contribution in [-0.2, 0) is 10.4 Å². The van der Waals surface area contributed by atoms with Crippen LogP contribution >= 0.6 is 0 Å². The SMILES string of the molecule is N=C(N)N1CCN(c2ccccc2)CC1.O=S(=O)(O)O. The van der Waals surface area contributed by atoms with Crippen molar-refractivity contribution in [3.8, 4) is 0 Å². The number of para-hydroxylation sites is 1. The highest BCUT2D eigenvalue weighted by molar-refractivity contribution is 7.79. The fraction of sp³-hybridized carbons (Fsp3) is 0.364. The van der Waals surface area contributed by atoms with Crippen LogP contribution in [0.25, 0.3) is 0 Å². The smallest absolute Gasteiger partial charge is 0.370 e. The van der Waals surface area contributed by atoms with Crippen molar-refractivity contribution in [1.82, 2.24) is 4.90 Å². The number of piperazine rings is 1. The fourth-order valence-electron chi connectivity index (χ4n) is 1.84. The molecule has 5 N–H and O–H groups in total. The van der Waals surface area contributed by atoms with E-state index in [-0.39, 0.29) is 5.96 Å². The summed E-state index contributed by atoms with van der Waals surface area (Å²) in [4.78, 5) is 4.22. The van der Waals surface area contributed by atoms with Crippen molar-refractivity contribution in [2.75, 3.05) is 31.1 Å². The molecule has 0 unspecified atom stereocenters. The first-order chi connectivity index (χ1) is 9.27. The molecule has 1 heterocycles. The standard InChI is InChI=1S/C11H16N4.H2O4S/c12-11(13)15-8-6-14(7-9-15)10-4-2-1-3-5-10;1-5(2,3)4/h1-5H,6-9H2,(H3,12,13);(H2,1,2,3,4). The van der Waals surface area contributed by atoms with Crippen LogP contribution < -0.4 is 10.6 Å². The van der Waals surface area contributed by atoms with Crippen molar-refractivity contribution in [1.29, 1.82) is 5.41 Å². The molecule has 0 radical (unpaired) electrons. The second kappa shape index (κ2) is 7.08. The van der Waals surface area contributed by atoms with Crippen LogP contribution in [-0.4, -0.2) is 54.6 Å². The van der Waals surface area contributed by atoms with Gasteiger partial charge in [0, 0.05) is 31.9 Å². The van der Waals surface area contributed by atoms with Crippen molar-refractivity contribution in [3.05, 3.63) is 30.3 Å². The molecule has 8 nitrogen and oxygen atoms in total. The molecular formula is C11H18N4O4S. The highest BCUT2D eigenvalue weighted by Crippen LogP contribution is 2.14. The predicted molar refractivity (Wildman–Crippen MR) is 76.3 cm³/mol. The number of nitrogens with one attached hydrogen (secondary N) is 1. The van der Waals surface area contributed by atoms with Crippen molar-refractivity contribution in [2.45, 2.75) is 0 Å². The number of rotatable bonds is 1. The van der Waals surface area contributed by atoms with Crippen LogP contribution in [0, 0.1) is 5.41 Å². The molecule has 9 heteroatoms. The number of benzene rings is 1. The van der Waals surface area contributed by atoms with Crippen molar-refractivity contribution >= 4 is 22.0 Å². The zero-order chi connectivity index (χ0) is 15.2. The van der Waals surface area contributed by atoms with Gasteiger partial charge >= 0.3 is 10.4 Å². The summed E-state index contributed by atoms with van der Waals surface area (Å²) in [5.74, 6) is 0.183. The molecule has 1 aromatic carbocycles. The topological polar surface area (TPSA) is 131 Å². The minimum Gasteiger partial charge on any atom is -0.370 e. The Morgan fingerprint density at radius 2 is 1.55 bits per heavy atom. The van der Waals surface area contributed by atoms with Crippen LogP contribution in [0.3, 0.4) is 0 Å².